The number of nitrogens with zero attached hydrogens (tertiary/aromatic N) is 4. The van der Waals surface area contributed by atoms with Crippen LogP contribution in [0.25, 0.3) is 105 Å². The van der Waals surface area contributed by atoms with Crippen molar-refractivity contribution in [2.75, 3.05) is 0 Å². The maximum Gasteiger partial charge on any atom is 0.166 e. The Morgan fingerprint density at radius 3 is 1.46 bits per heavy atom. The van der Waals surface area contributed by atoms with Crippen LogP contribution in [-0.4, -0.2) is 19.5 Å². The maximum absolute atomic E-state index is 5.33. The average molecular weight is 727 g/mol. The summed E-state index contributed by atoms with van der Waals surface area (Å²) in [7, 11) is 0. The van der Waals surface area contributed by atoms with Crippen LogP contribution in [0.2, 0.25) is 0 Å². The lowest BCUT2D eigenvalue weighted by Crippen LogP contribution is -2.04. The van der Waals surface area contributed by atoms with E-state index in [0.717, 1.165) is 55.5 Å². The molecule has 57 heavy (non-hydrogen) atoms. The third-order valence-electron chi connectivity index (χ3n) is 11.1. The van der Waals surface area contributed by atoms with Crippen molar-refractivity contribution >= 4 is 43.4 Å². The highest BCUT2D eigenvalue weighted by atomic mass is 15.1. The molecule has 0 aliphatic rings. The highest BCUT2D eigenvalue weighted by Crippen LogP contribution is 2.39. The van der Waals surface area contributed by atoms with Gasteiger partial charge in [0.1, 0.15) is 0 Å². The van der Waals surface area contributed by atoms with Crippen molar-refractivity contribution in [3.8, 4) is 62.1 Å². The Kier molecular flexibility index (Phi) is 7.78. The van der Waals surface area contributed by atoms with Crippen LogP contribution in [0, 0.1) is 0 Å². The first-order chi connectivity index (χ1) is 28.2. The van der Waals surface area contributed by atoms with Crippen LogP contribution in [0.3, 0.4) is 0 Å². The first-order valence-electron chi connectivity index (χ1n) is 19.3. The van der Waals surface area contributed by atoms with Crippen LogP contribution in [0.15, 0.2) is 206 Å². The maximum atomic E-state index is 5.33. The minimum atomic E-state index is 0.609. The van der Waals surface area contributed by atoms with Gasteiger partial charge in [-0.15, -0.1) is 0 Å². The number of hydrogen-bond donors (Lipinski definition) is 0. The van der Waals surface area contributed by atoms with E-state index < -0.39 is 0 Å². The molecule has 4 nitrogen and oxygen atoms in total. The molecule has 0 N–H and O–H groups in total. The third kappa shape index (κ3) is 5.74. The monoisotopic (exact) mass is 726 g/mol. The Morgan fingerprint density at radius 1 is 0.281 bits per heavy atom. The molecule has 9 aromatic carbocycles. The fraction of sp³-hybridized carbons (Fsp3) is 0. The van der Waals surface area contributed by atoms with E-state index in [2.05, 4.69) is 205 Å². The number of para-hydroxylation sites is 2. The molecule has 2 aromatic heterocycles. The van der Waals surface area contributed by atoms with Gasteiger partial charge in [0.05, 0.1) is 16.7 Å². The van der Waals surface area contributed by atoms with E-state index in [9.17, 15) is 0 Å². The van der Waals surface area contributed by atoms with Gasteiger partial charge in [-0.2, -0.15) is 0 Å². The summed E-state index contributed by atoms with van der Waals surface area (Å²) in [4.78, 5) is 15.8. The average Bonchev–Trinajstić information content (AvgIpc) is 3.63. The summed E-state index contributed by atoms with van der Waals surface area (Å²) in [5, 5.41) is 7.18. The second-order valence-corrected chi connectivity index (χ2v) is 14.4. The molecule has 4 heteroatoms. The fourth-order valence-electron chi connectivity index (χ4n) is 8.25. The molecule has 0 radical (unpaired) electrons. The SMILES string of the molecule is c1ccc(-c2ccc(-c3nc(-c4ccc5c(ccc6ccccc65)c4)nc(-c4ccc(-c5ccccc5)cc4-n4c5ccccc5c5ccccc54)n3)cc2)cc1. The van der Waals surface area contributed by atoms with Crippen LogP contribution in [0.4, 0.5) is 0 Å². The van der Waals surface area contributed by atoms with Gasteiger partial charge >= 0.3 is 0 Å². The van der Waals surface area contributed by atoms with Gasteiger partial charge < -0.3 is 4.57 Å². The second kappa shape index (κ2) is 13.6. The topological polar surface area (TPSA) is 43.6 Å². The van der Waals surface area contributed by atoms with Crippen LogP contribution >= 0.6 is 0 Å². The van der Waals surface area contributed by atoms with E-state index in [1.807, 2.05) is 6.07 Å². The molecule has 0 saturated heterocycles. The lowest BCUT2D eigenvalue weighted by atomic mass is 9.99. The van der Waals surface area contributed by atoms with Crippen molar-refractivity contribution in [1.29, 1.82) is 0 Å². The predicted molar refractivity (Wildman–Crippen MR) is 236 cm³/mol. The van der Waals surface area contributed by atoms with Crippen molar-refractivity contribution < 1.29 is 0 Å². The molecule has 0 atom stereocenters. The molecule has 0 bridgehead atoms. The second-order valence-electron chi connectivity index (χ2n) is 14.4. The van der Waals surface area contributed by atoms with Crippen molar-refractivity contribution in [2.24, 2.45) is 0 Å². The summed E-state index contributed by atoms with van der Waals surface area (Å²) >= 11 is 0. The van der Waals surface area contributed by atoms with Crippen LogP contribution in [0.5, 0.6) is 0 Å². The summed E-state index contributed by atoms with van der Waals surface area (Å²) in [5.41, 5.74) is 10.6. The fourth-order valence-corrected chi connectivity index (χ4v) is 8.25. The van der Waals surface area contributed by atoms with Crippen molar-refractivity contribution in [3.05, 3.63) is 206 Å². The predicted octanol–water partition coefficient (Wildman–Crippen LogP) is 13.6. The number of rotatable bonds is 6. The Labute approximate surface area is 330 Å². The van der Waals surface area contributed by atoms with Crippen molar-refractivity contribution in [3.63, 3.8) is 0 Å². The molecule has 11 aromatic rings. The molecule has 266 valence electrons. The van der Waals surface area contributed by atoms with Gasteiger partial charge in [0.15, 0.2) is 17.5 Å². The Bertz CT molecular complexity index is 3220. The first kappa shape index (κ1) is 32.7. The van der Waals surface area contributed by atoms with E-state index >= 15 is 0 Å². The van der Waals surface area contributed by atoms with Crippen molar-refractivity contribution in [1.82, 2.24) is 19.5 Å². The molecule has 0 aliphatic carbocycles. The smallest absolute Gasteiger partial charge is 0.166 e. The number of hydrogen-bond acceptors (Lipinski definition) is 3. The molecule has 2 heterocycles. The highest BCUT2D eigenvalue weighted by molar-refractivity contribution is 6.10. The Morgan fingerprint density at radius 2 is 0.754 bits per heavy atom. The zero-order valence-corrected chi connectivity index (χ0v) is 30.9. The quantitative estimate of drug-likeness (QED) is 0.160. The van der Waals surface area contributed by atoms with E-state index in [4.69, 9.17) is 15.0 Å². The summed E-state index contributed by atoms with van der Waals surface area (Å²) in [6.07, 6.45) is 0. The molecule has 11 rings (SSSR count). The van der Waals surface area contributed by atoms with Gasteiger partial charge in [-0.3, -0.25) is 0 Å². The number of benzene rings is 9. The molecule has 0 saturated carbocycles. The van der Waals surface area contributed by atoms with Gasteiger partial charge in [-0.25, -0.2) is 15.0 Å². The Balaban J connectivity index is 1.16. The van der Waals surface area contributed by atoms with Gasteiger partial charge in [0, 0.05) is 27.5 Å². The highest BCUT2D eigenvalue weighted by Gasteiger charge is 2.20. The lowest BCUT2D eigenvalue weighted by molar-refractivity contribution is 1.07. The van der Waals surface area contributed by atoms with Gasteiger partial charge in [-0.05, 0) is 74.1 Å². The van der Waals surface area contributed by atoms with Crippen LogP contribution < -0.4 is 0 Å². The zero-order chi connectivity index (χ0) is 37.7. The van der Waals surface area contributed by atoms with Gasteiger partial charge in [0.2, 0.25) is 0 Å². The largest absolute Gasteiger partial charge is 0.308 e. The molecular formula is C53H34N4. The Hall–Kier alpha value is -7.69. The summed E-state index contributed by atoms with van der Waals surface area (Å²) < 4.78 is 2.37. The molecular weight excluding hydrogens is 693 g/mol. The van der Waals surface area contributed by atoms with E-state index in [1.54, 1.807) is 0 Å². The molecule has 0 fully saturated rings. The molecule has 0 spiro atoms. The van der Waals surface area contributed by atoms with Gasteiger partial charge in [0.25, 0.3) is 0 Å². The standard InChI is InChI=1S/C53H34N4/c1-3-13-35(14-4-1)37-23-26-39(27-24-37)51-54-52(42-30-31-44-41(33-42)28-25-38-17-7-8-18-43(38)44)56-53(55-51)47-32-29-40(36-15-5-2-6-16-36)34-50(47)57-48-21-11-9-19-45(48)46-20-10-12-22-49(46)57/h1-34H. The summed E-state index contributed by atoms with van der Waals surface area (Å²) in [6, 6.07) is 72.9. The third-order valence-corrected chi connectivity index (χ3v) is 11.1. The van der Waals surface area contributed by atoms with E-state index in [0.29, 0.717) is 17.5 Å². The molecule has 0 amide bonds. The van der Waals surface area contributed by atoms with E-state index in [1.165, 1.54) is 32.5 Å². The molecule has 0 unspecified atom stereocenters. The van der Waals surface area contributed by atoms with E-state index in [-0.39, 0.29) is 0 Å². The molecule has 0 aliphatic heterocycles. The van der Waals surface area contributed by atoms with Crippen LogP contribution in [0.1, 0.15) is 0 Å². The summed E-state index contributed by atoms with van der Waals surface area (Å²) in [5.74, 6) is 1.85. The zero-order valence-electron chi connectivity index (χ0n) is 30.9. The van der Waals surface area contributed by atoms with Crippen molar-refractivity contribution in [2.45, 2.75) is 0 Å². The van der Waals surface area contributed by atoms with Gasteiger partial charge in [-0.1, -0.05) is 176 Å². The lowest BCUT2D eigenvalue weighted by Gasteiger charge is -2.16. The first-order valence-corrected chi connectivity index (χ1v) is 19.3. The normalized spacial score (nSPS) is 11.5. The minimum absolute atomic E-state index is 0.609. The minimum Gasteiger partial charge on any atom is -0.308 e. The number of fused-ring (bicyclic) bond motifs is 6. The summed E-state index contributed by atoms with van der Waals surface area (Å²) in [6.45, 7) is 0. The number of aromatic nitrogens is 4. The van der Waals surface area contributed by atoms with Crippen LogP contribution in [-0.2, 0) is 0 Å².